The van der Waals surface area contributed by atoms with E-state index in [1.807, 2.05) is 32.9 Å². The fourth-order valence-electron chi connectivity index (χ4n) is 3.29. The number of carbonyl (C=O) groups excluding carboxylic acids is 2. The van der Waals surface area contributed by atoms with Gasteiger partial charge in [-0.15, -0.1) is 0 Å². The van der Waals surface area contributed by atoms with Gasteiger partial charge in [-0.1, -0.05) is 29.8 Å². The molecule has 0 bridgehead atoms. The minimum atomic E-state index is -0.396. The average molecular weight is 394 g/mol. The predicted octanol–water partition coefficient (Wildman–Crippen LogP) is 2.99. The monoisotopic (exact) mass is 394 g/mol. The molecule has 1 aliphatic rings. The number of aryl methyl sites for hydroxylation is 1. The first-order chi connectivity index (χ1) is 13.8. The molecule has 0 saturated carbocycles. The molecule has 0 radical (unpaired) electrons. The van der Waals surface area contributed by atoms with Gasteiger partial charge in [0.2, 0.25) is 0 Å². The highest BCUT2D eigenvalue weighted by Crippen LogP contribution is 2.35. The number of hydrogen-bond acceptors (Lipinski definition) is 5. The van der Waals surface area contributed by atoms with Crippen molar-refractivity contribution in [1.82, 2.24) is 4.90 Å². The minimum absolute atomic E-state index is 0.0398. The lowest BCUT2D eigenvalue weighted by atomic mass is 10.0. The van der Waals surface area contributed by atoms with Crippen molar-refractivity contribution >= 4 is 23.1 Å². The molecule has 2 aromatic carbocycles. The molecule has 1 N–H and O–H groups in total. The van der Waals surface area contributed by atoms with Crippen LogP contribution in [0.4, 0.5) is 5.69 Å². The van der Waals surface area contributed by atoms with Gasteiger partial charge in [0.1, 0.15) is 11.4 Å². The highest BCUT2D eigenvalue weighted by atomic mass is 16.5. The molecule has 1 heterocycles. The van der Waals surface area contributed by atoms with E-state index in [-0.39, 0.29) is 30.9 Å². The second-order valence-corrected chi connectivity index (χ2v) is 7.34. The molecule has 2 amide bonds. The first-order valence-corrected chi connectivity index (χ1v) is 9.62. The summed E-state index contributed by atoms with van der Waals surface area (Å²) in [6.07, 6.45) is 0.0398. The van der Waals surface area contributed by atoms with E-state index in [0.29, 0.717) is 22.6 Å². The molecule has 1 aliphatic heterocycles. The highest BCUT2D eigenvalue weighted by Gasteiger charge is 2.41. The van der Waals surface area contributed by atoms with Crippen LogP contribution in [-0.2, 0) is 9.59 Å². The molecule has 0 atom stereocenters. The predicted molar refractivity (Wildman–Crippen MR) is 113 cm³/mol. The third-order valence-corrected chi connectivity index (χ3v) is 4.68. The molecule has 0 aliphatic carbocycles. The molecule has 152 valence electrons. The maximum absolute atomic E-state index is 13.3. The number of hydrogen-bond donors (Lipinski definition) is 1. The summed E-state index contributed by atoms with van der Waals surface area (Å²) in [4.78, 5) is 29.3. The topological polar surface area (TPSA) is 70.1 Å². The molecule has 0 spiro atoms. The fourth-order valence-corrected chi connectivity index (χ4v) is 3.29. The summed E-state index contributed by atoms with van der Waals surface area (Å²) in [6, 6.07) is 14.4. The van der Waals surface area contributed by atoms with Crippen LogP contribution in [0.3, 0.4) is 0 Å². The van der Waals surface area contributed by atoms with Crippen molar-refractivity contribution in [2.45, 2.75) is 26.9 Å². The number of anilines is 1. The van der Waals surface area contributed by atoms with E-state index in [0.717, 1.165) is 5.56 Å². The number of rotatable bonds is 7. The van der Waals surface area contributed by atoms with E-state index in [4.69, 9.17) is 4.74 Å². The Morgan fingerprint density at radius 2 is 1.62 bits per heavy atom. The third kappa shape index (κ3) is 4.17. The Morgan fingerprint density at radius 1 is 1.00 bits per heavy atom. The number of aliphatic hydroxyl groups excluding tert-OH is 1. The van der Waals surface area contributed by atoms with Crippen LogP contribution < -0.4 is 9.64 Å². The van der Waals surface area contributed by atoms with E-state index in [1.54, 1.807) is 48.3 Å². The Bertz CT molecular complexity index is 930. The number of ether oxygens (including phenoxy) is 1. The first kappa shape index (κ1) is 20.6. The number of nitrogens with zero attached hydrogens (tertiary/aromatic N) is 2. The maximum atomic E-state index is 13.3. The summed E-state index contributed by atoms with van der Waals surface area (Å²) in [5, 5.41) is 9.35. The average Bonchev–Trinajstić information content (AvgIpc) is 2.93. The molecular formula is C23H26N2O4. The van der Waals surface area contributed by atoms with Crippen LogP contribution in [0, 0.1) is 6.92 Å². The molecule has 0 saturated heterocycles. The van der Waals surface area contributed by atoms with E-state index >= 15 is 0 Å². The molecule has 3 rings (SSSR count). The van der Waals surface area contributed by atoms with Gasteiger partial charge in [-0.05, 0) is 50.6 Å². The van der Waals surface area contributed by atoms with Crippen LogP contribution in [-0.4, -0.2) is 48.1 Å². The summed E-state index contributed by atoms with van der Waals surface area (Å²) in [5.41, 5.74) is 2.80. The zero-order valence-corrected chi connectivity index (χ0v) is 17.2. The minimum Gasteiger partial charge on any atom is -0.491 e. The van der Waals surface area contributed by atoms with Crippen molar-refractivity contribution in [3.05, 3.63) is 65.4 Å². The third-order valence-electron chi connectivity index (χ3n) is 4.68. The van der Waals surface area contributed by atoms with Gasteiger partial charge in [0.05, 0.1) is 24.0 Å². The van der Waals surface area contributed by atoms with Gasteiger partial charge < -0.3 is 14.7 Å². The second kappa shape index (κ2) is 8.49. The van der Waals surface area contributed by atoms with Crippen molar-refractivity contribution < 1.29 is 19.4 Å². The lowest BCUT2D eigenvalue weighted by molar-refractivity contribution is -0.120. The Kier molecular flexibility index (Phi) is 6.03. The van der Waals surface area contributed by atoms with E-state index in [9.17, 15) is 14.7 Å². The van der Waals surface area contributed by atoms with Gasteiger partial charge >= 0.3 is 0 Å². The van der Waals surface area contributed by atoms with Gasteiger partial charge in [-0.25, -0.2) is 4.90 Å². The summed E-state index contributed by atoms with van der Waals surface area (Å²) in [5.74, 6) is -0.0785. The van der Waals surface area contributed by atoms with Gasteiger partial charge in [0.25, 0.3) is 11.8 Å². The largest absolute Gasteiger partial charge is 0.491 e. The van der Waals surface area contributed by atoms with E-state index < -0.39 is 5.91 Å². The number of amides is 2. The van der Waals surface area contributed by atoms with Crippen LogP contribution in [0.15, 0.2) is 54.2 Å². The zero-order valence-electron chi connectivity index (χ0n) is 17.2. The molecule has 0 aromatic heterocycles. The van der Waals surface area contributed by atoms with Crippen molar-refractivity contribution in [3.8, 4) is 5.75 Å². The number of imide groups is 1. The Balaban J connectivity index is 2.05. The quantitative estimate of drug-likeness (QED) is 0.731. The summed E-state index contributed by atoms with van der Waals surface area (Å²) >= 11 is 0. The van der Waals surface area contributed by atoms with Crippen molar-refractivity contribution in [2.75, 3.05) is 25.1 Å². The van der Waals surface area contributed by atoms with Crippen molar-refractivity contribution in [1.29, 1.82) is 0 Å². The Morgan fingerprint density at radius 3 is 2.17 bits per heavy atom. The second-order valence-electron chi connectivity index (χ2n) is 7.34. The number of benzene rings is 2. The summed E-state index contributed by atoms with van der Waals surface area (Å²) in [7, 11) is 1.70. The SMILES string of the molecule is Cc1ccc(N2C(=O)C(c3ccc(OC(C)C)cc3)=C(N(C)CCO)C2=O)cc1. The standard InChI is InChI=1S/C23H26N2O4/c1-15(2)29-19-11-7-17(8-12-19)20-21(24(4)13-14-26)23(28)25(22(20)27)18-9-5-16(3)6-10-18/h5-12,15,26H,13-14H2,1-4H3. The van der Waals surface area contributed by atoms with E-state index in [2.05, 4.69) is 0 Å². The van der Waals surface area contributed by atoms with Crippen LogP contribution in [0.5, 0.6) is 5.75 Å². The lowest BCUT2D eigenvalue weighted by Crippen LogP contribution is -2.34. The highest BCUT2D eigenvalue weighted by molar-refractivity contribution is 6.45. The summed E-state index contributed by atoms with van der Waals surface area (Å²) in [6.45, 7) is 5.95. The number of carbonyl (C=O) groups is 2. The molecule has 6 nitrogen and oxygen atoms in total. The van der Waals surface area contributed by atoms with Crippen LogP contribution in [0.1, 0.15) is 25.0 Å². The zero-order chi connectivity index (χ0) is 21.1. The van der Waals surface area contributed by atoms with Gasteiger partial charge in [-0.3, -0.25) is 9.59 Å². The fraction of sp³-hybridized carbons (Fsp3) is 0.304. The van der Waals surface area contributed by atoms with Gasteiger partial charge in [0.15, 0.2) is 0 Å². The smallest absolute Gasteiger partial charge is 0.282 e. The van der Waals surface area contributed by atoms with Crippen LogP contribution in [0.2, 0.25) is 0 Å². The molecule has 29 heavy (non-hydrogen) atoms. The maximum Gasteiger partial charge on any atom is 0.282 e. The number of aliphatic hydroxyl groups is 1. The van der Waals surface area contributed by atoms with E-state index in [1.165, 1.54) is 4.90 Å². The Hall–Kier alpha value is -3.12. The van der Waals surface area contributed by atoms with Gasteiger partial charge in [-0.2, -0.15) is 0 Å². The Labute approximate surface area is 171 Å². The molecule has 2 aromatic rings. The summed E-state index contributed by atoms with van der Waals surface area (Å²) < 4.78 is 5.67. The van der Waals surface area contributed by atoms with Crippen molar-refractivity contribution in [2.24, 2.45) is 0 Å². The number of likely N-dealkylation sites (N-methyl/N-ethyl adjacent to an activating group) is 1. The lowest BCUT2D eigenvalue weighted by Gasteiger charge is -2.20. The van der Waals surface area contributed by atoms with Gasteiger partial charge in [0, 0.05) is 13.6 Å². The molecule has 6 heteroatoms. The molecular weight excluding hydrogens is 368 g/mol. The molecule has 0 unspecified atom stereocenters. The normalized spacial score (nSPS) is 14.2. The van der Waals surface area contributed by atoms with Crippen LogP contribution in [0.25, 0.3) is 5.57 Å². The van der Waals surface area contributed by atoms with Crippen molar-refractivity contribution in [3.63, 3.8) is 0 Å². The molecule has 0 fully saturated rings. The van der Waals surface area contributed by atoms with Crippen LogP contribution >= 0.6 is 0 Å². The first-order valence-electron chi connectivity index (χ1n) is 9.62.